The monoisotopic (exact) mass is 288 g/mol. The van der Waals surface area contributed by atoms with E-state index in [1.807, 2.05) is 34.9 Å². The van der Waals surface area contributed by atoms with Crippen LogP contribution in [0.5, 0.6) is 0 Å². The third kappa shape index (κ3) is 2.28. The van der Waals surface area contributed by atoms with Gasteiger partial charge in [-0.2, -0.15) is 0 Å². The normalized spacial score (nSPS) is 12.8. The molecule has 2 N–H and O–H groups in total. The largest absolute Gasteiger partial charge is 0.324 e. The second kappa shape index (κ2) is 5.22. The van der Waals surface area contributed by atoms with E-state index < -0.39 is 0 Å². The minimum Gasteiger partial charge on any atom is -0.324 e. The highest BCUT2D eigenvalue weighted by Crippen LogP contribution is 2.33. The van der Waals surface area contributed by atoms with Crippen LogP contribution in [0.1, 0.15) is 18.5 Å². The Morgan fingerprint density at radius 3 is 2.85 bits per heavy atom. The van der Waals surface area contributed by atoms with E-state index in [-0.39, 0.29) is 11.9 Å². The van der Waals surface area contributed by atoms with E-state index in [0.717, 1.165) is 10.5 Å². The zero-order valence-corrected chi connectivity index (χ0v) is 11.6. The van der Waals surface area contributed by atoms with Gasteiger partial charge in [-0.3, -0.25) is 4.40 Å². The van der Waals surface area contributed by atoms with E-state index in [4.69, 9.17) is 5.73 Å². The van der Waals surface area contributed by atoms with E-state index >= 15 is 0 Å². The minimum atomic E-state index is -0.377. The zero-order chi connectivity index (χ0) is 14.1. The van der Waals surface area contributed by atoms with Crippen LogP contribution in [-0.4, -0.2) is 14.6 Å². The Morgan fingerprint density at radius 1 is 1.20 bits per heavy atom. The molecule has 0 aliphatic carbocycles. The highest BCUT2D eigenvalue weighted by molar-refractivity contribution is 7.99. The Morgan fingerprint density at radius 2 is 2.05 bits per heavy atom. The molecule has 0 aliphatic rings. The maximum absolute atomic E-state index is 13.9. The number of nitrogens with two attached hydrogens (primary N) is 1. The van der Waals surface area contributed by atoms with Crippen LogP contribution in [0.4, 0.5) is 4.39 Å². The first-order valence-electron chi connectivity index (χ1n) is 6.18. The van der Waals surface area contributed by atoms with E-state index in [1.54, 1.807) is 13.0 Å². The number of benzene rings is 1. The fourth-order valence-corrected chi connectivity index (χ4v) is 3.11. The van der Waals surface area contributed by atoms with Gasteiger partial charge < -0.3 is 5.73 Å². The molecule has 2 heterocycles. The van der Waals surface area contributed by atoms with Crippen LogP contribution in [0, 0.1) is 5.82 Å². The van der Waals surface area contributed by atoms with E-state index in [2.05, 4.69) is 10.2 Å². The summed E-state index contributed by atoms with van der Waals surface area (Å²) in [7, 11) is 0. The average molecular weight is 288 g/mol. The lowest BCUT2D eigenvalue weighted by molar-refractivity contribution is 0.585. The molecular formula is C14H13FN4S. The van der Waals surface area contributed by atoms with Crippen LogP contribution in [0.3, 0.4) is 0 Å². The summed E-state index contributed by atoms with van der Waals surface area (Å²) in [6.45, 7) is 1.77. The molecule has 0 saturated carbocycles. The van der Waals surface area contributed by atoms with Gasteiger partial charge in [-0.05, 0) is 43.0 Å². The van der Waals surface area contributed by atoms with Gasteiger partial charge in [0.2, 0.25) is 0 Å². The van der Waals surface area contributed by atoms with Crippen molar-refractivity contribution in [1.82, 2.24) is 14.6 Å². The van der Waals surface area contributed by atoms with Gasteiger partial charge in [0.25, 0.3) is 0 Å². The number of hydrogen-bond donors (Lipinski definition) is 1. The topological polar surface area (TPSA) is 56.2 Å². The first-order valence-corrected chi connectivity index (χ1v) is 7.00. The lowest BCUT2D eigenvalue weighted by Gasteiger charge is -2.12. The molecular weight excluding hydrogens is 275 g/mol. The highest BCUT2D eigenvalue weighted by Gasteiger charge is 2.15. The second-order valence-corrected chi connectivity index (χ2v) is 5.46. The molecule has 3 rings (SSSR count). The van der Waals surface area contributed by atoms with Gasteiger partial charge in [-0.15, -0.1) is 10.2 Å². The Labute approximate surface area is 119 Å². The van der Waals surface area contributed by atoms with Crippen molar-refractivity contribution >= 4 is 17.4 Å². The Balaban J connectivity index is 2.05. The molecule has 2 aromatic heterocycles. The molecule has 0 radical (unpaired) electrons. The van der Waals surface area contributed by atoms with Crippen LogP contribution < -0.4 is 5.73 Å². The lowest BCUT2D eigenvalue weighted by Crippen LogP contribution is -2.09. The number of nitrogens with zero attached hydrogens (tertiary/aromatic N) is 3. The number of aromatic nitrogens is 3. The SMILES string of the molecule is CC(N)c1c(F)cccc1Sc1nnc2ccccn12. The summed E-state index contributed by atoms with van der Waals surface area (Å²) >= 11 is 1.36. The number of rotatable bonds is 3. The van der Waals surface area contributed by atoms with Crippen molar-refractivity contribution in [3.8, 4) is 0 Å². The van der Waals surface area contributed by atoms with Gasteiger partial charge in [-0.25, -0.2) is 4.39 Å². The average Bonchev–Trinajstić information content (AvgIpc) is 2.82. The van der Waals surface area contributed by atoms with E-state index in [1.165, 1.54) is 17.8 Å². The quantitative estimate of drug-likeness (QED) is 0.805. The molecule has 4 nitrogen and oxygen atoms in total. The standard InChI is InChI=1S/C14H13FN4S/c1-9(16)13-10(15)5-4-6-11(13)20-14-18-17-12-7-2-3-8-19(12)14/h2-9H,16H2,1H3. The van der Waals surface area contributed by atoms with Gasteiger partial charge in [0.1, 0.15) is 5.82 Å². The Hall–Kier alpha value is -1.92. The molecule has 0 aliphatic heterocycles. The van der Waals surface area contributed by atoms with Crippen LogP contribution >= 0.6 is 11.8 Å². The fraction of sp³-hybridized carbons (Fsp3) is 0.143. The smallest absolute Gasteiger partial charge is 0.200 e. The minimum absolute atomic E-state index is 0.293. The lowest BCUT2D eigenvalue weighted by atomic mass is 10.1. The number of hydrogen-bond acceptors (Lipinski definition) is 4. The number of fused-ring (bicyclic) bond motifs is 1. The fourth-order valence-electron chi connectivity index (χ4n) is 2.04. The molecule has 0 saturated heterocycles. The van der Waals surface area contributed by atoms with Crippen molar-refractivity contribution in [2.24, 2.45) is 5.73 Å². The summed E-state index contributed by atoms with van der Waals surface area (Å²) in [5, 5.41) is 8.90. The maximum atomic E-state index is 13.9. The number of pyridine rings is 1. The van der Waals surface area contributed by atoms with Crippen molar-refractivity contribution in [2.45, 2.75) is 23.0 Å². The summed E-state index contributed by atoms with van der Waals surface area (Å²) in [5.41, 5.74) is 7.12. The third-order valence-electron chi connectivity index (χ3n) is 2.95. The van der Waals surface area contributed by atoms with Crippen molar-refractivity contribution in [1.29, 1.82) is 0 Å². The van der Waals surface area contributed by atoms with Crippen LogP contribution in [0.2, 0.25) is 0 Å². The molecule has 102 valence electrons. The van der Waals surface area contributed by atoms with E-state index in [0.29, 0.717) is 10.7 Å². The maximum Gasteiger partial charge on any atom is 0.200 e. The predicted octanol–water partition coefficient (Wildman–Crippen LogP) is 3.04. The molecule has 0 bridgehead atoms. The summed E-state index contributed by atoms with van der Waals surface area (Å²) in [6, 6.07) is 10.2. The molecule has 1 atom stereocenters. The van der Waals surface area contributed by atoms with Gasteiger partial charge in [-0.1, -0.05) is 12.1 Å². The summed E-state index contributed by atoms with van der Waals surface area (Å²) in [4.78, 5) is 0.762. The molecule has 1 aromatic carbocycles. The molecule has 20 heavy (non-hydrogen) atoms. The summed E-state index contributed by atoms with van der Waals surface area (Å²) in [5.74, 6) is -0.293. The first kappa shape index (κ1) is 13.1. The zero-order valence-electron chi connectivity index (χ0n) is 10.8. The summed E-state index contributed by atoms with van der Waals surface area (Å²) < 4.78 is 15.8. The molecule has 0 spiro atoms. The number of halogens is 1. The molecule has 1 unspecified atom stereocenters. The third-order valence-corrected chi connectivity index (χ3v) is 3.99. The van der Waals surface area contributed by atoms with Crippen LogP contribution in [0.25, 0.3) is 5.65 Å². The molecule has 6 heteroatoms. The Bertz CT molecular complexity index is 754. The highest BCUT2D eigenvalue weighted by atomic mass is 32.2. The molecule has 0 fully saturated rings. The van der Waals surface area contributed by atoms with Gasteiger partial charge in [0, 0.05) is 22.7 Å². The van der Waals surface area contributed by atoms with Gasteiger partial charge in [0.15, 0.2) is 10.8 Å². The second-order valence-electron chi connectivity index (χ2n) is 4.45. The van der Waals surface area contributed by atoms with Crippen LogP contribution in [0.15, 0.2) is 52.6 Å². The summed E-state index contributed by atoms with van der Waals surface area (Å²) in [6.07, 6.45) is 1.88. The van der Waals surface area contributed by atoms with Gasteiger partial charge >= 0.3 is 0 Å². The Kier molecular flexibility index (Phi) is 3.42. The first-order chi connectivity index (χ1) is 9.66. The van der Waals surface area contributed by atoms with Gasteiger partial charge in [0.05, 0.1) is 0 Å². The predicted molar refractivity (Wildman–Crippen MR) is 76.1 cm³/mol. The van der Waals surface area contributed by atoms with E-state index in [9.17, 15) is 4.39 Å². The molecule has 0 amide bonds. The van der Waals surface area contributed by atoms with Crippen molar-refractivity contribution in [3.63, 3.8) is 0 Å². The van der Waals surface area contributed by atoms with Crippen molar-refractivity contribution in [3.05, 3.63) is 54.0 Å². The van der Waals surface area contributed by atoms with Crippen LogP contribution in [-0.2, 0) is 0 Å². The van der Waals surface area contributed by atoms with Crippen molar-refractivity contribution < 1.29 is 4.39 Å². The van der Waals surface area contributed by atoms with Crippen molar-refractivity contribution in [2.75, 3.05) is 0 Å². The molecule has 3 aromatic rings.